The molecule has 0 radical (unpaired) electrons. The van der Waals surface area contributed by atoms with E-state index in [4.69, 9.17) is 0 Å². The Labute approximate surface area is 140 Å². The summed E-state index contributed by atoms with van der Waals surface area (Å²) in [6.07, 6.45) is 0.512. The highest BCUT2D eigenvalue weighted by Crippen LogP contribution is 2.29. The fourth-order valence-corrected chi connectivity index (χ4v) is 3.17. The van der Waals surface area contributed by atoms with Gasteiger partial charge in [0.1, 0.15) is 0 Å². The van der Waals surface area contributed by atoms with E-state index in [-0.39, 0.29) is 23.5 Å². The van der Waals surface area contributed by atoms with E-state index in [0.29, 0.717) is 13.0 Å². The van der Waals surface area contributed by atoms with Crippen LogP contribution in [0.5, 0.6) is 0 Å². The lowest BCUT2D eigenvalue weighted by Crippen LogP contribution is -2.41. The van der Waals surface area contributed by atoms with Gasteiger partial charge in [-0.25, -0.2) is 4.79 Å². The summed E-state index contributed by atoms with van der Waals surface area (Å²) in [7, 11) is 0. The first-order valence-electron chi connectivity index (χ1n) is 7.13. The molecule has 10 heteroatoms. The summed E-state index contributed by atoms with van der Waals surface area (Å²) in [5, 5.41) is 4.78. The molecule has 1 unspecified atom stereocenters. The Bertz CT molecular complexity index is 617. The van der Waals surface area contributed by atoms with Crippen molar-refractivity contribution in [3.8, 4) is 0 Å². The number of nitrogens with zero attached hydrogens (tertiary/aromatic N) is 3. The van der Waals surface area contributed by atoms with Crippen molar-refractivity contribution >= 4 is 22.8 Å². The van der Waals surface area contributed by atoms with Crippen molar-refractivity contribution in [2.24, 2.45) is 0 Å². The van der Waals surface area contributed by atoms with E-state index in [9.17, 15) is 22.8 Å². The molecule has 2 heterocycles. The first-order chi connectivity index (χ1) is 11.3. The monoisotopic (exact) mass is 363 g/mol. The van der Waals surface area contributed by atoms with Gasteiger partial charge >= 0.3 is 12.1 Å². The van der Waals surface area contributed by atoms with Gasteiger partial charge in [0.05, 0.1) is 13.1 Å². The summed E-state index contributed by atoms with van der Waals surface area (Å²) < 4.78 is 38.6. The minimum Gasteiger partial charge on any atom is -0.360 e. The summed E-state index contributed by atoms with van der Waals surface area (Å²) in [5.74, 6) is -2.24. The molecule has 1 aliphatic heterocycles. The number of hydroxylamine groups is 2. The van der Waals surface area contributed by atoms with Crippen LogP contribution in [-0.4, -0.2) is 50.4 Å². The summed E-state index contributed by atoms with van der Waals surface area (Å²) in [4.78, 5) is 26.7. The van der Waals surface area contributed by atoms with E-state index < -0.39 is 12.1 Å². The van der Waals surface area contributed by atoms with Gasteiger partial charge < -0.3 is 4.84 Å². The number of thioether (sulfide) groups is 1. The van der Waals surface area contributed by atoms with Crippen molar-refractivity contribution in [3.63, 3.8) is 0 Å². The molecule has 0 bridgehead atoms. The zero-order valence-electron chi connectivity index (χ0n) is 12.8. The quantitative estimate of drug-likeness (QED) is 0.764. The van der Waals surface area contributed by atoms with E-state index in [2.05, 4.69) is 9.94 Å². The minimum atomic E-state index is -5.04. The largest absolute Gasteiger partial charge is 0.492 e. The van der Waals surface area contributed by atoms with Crippen LogP contribution in [0.1, 0.15) is 13.3 Å². The Morgan fingerprint density at radius 3 is 2.83 bits per heavy atom. The lowest BCUT2D eigenvalue weighted by atomic mass is 10.1. The third-order valence-electron chi connectivity index (χ3n) is 3.26. The minimum absolute atomic E-state index is 0.0219. The number of piperidine rings is 1. The van der Waals surface area contributed by atoms with Crippen molar-refractivity contribution in [1.82, 2.24) is 14.8 Å². The molecule has 1 fully saturated rings. The van der Waals surface area contributed by atoms with Gasteiger partial charge in [-0.05, 0) is 18.1 Å². The molecule has 6 nitrogen and oxygen atoms in total. The lowest BCUT2D eigenvalue weighted by Gasteiger charge is -2.32. The van der Waals surface area contributed by atoms with Crippen LogP contribution >= 0.6 is 11.8 Å². The summed E-state index contributed by atoms with van der Waals surface area (Å²) in [6, 6.07) is 1.75. The van der Waals surface area contributed by atoms with Crippen LogP contribution in [0.25, 0.3) is 0 Å². The number of aromatic nitrogens is 2. The molecule has 1 atom stereocenters. The van der Waals surface area contributed by atoms with E-state index in [1.807, 2.05) is 0 Å². The van der Waals surface area contributed by atoms with Crippen LogP contribution in [0.3, 0.4) is 0 Å². The van der Waals surface area contributed by atoms with Gasteiger partial charge in [-0.1, -0.05) is 17.8 Å². The Balaban J connectivity index is 2.06. The van der Waals surface area contributed by atoms with Crippen LogP contribution in [0.15, 0.2) is 30.1 Å². The normalized spacial score (nSPS) is 21.0. The number of halogens is 3. The van der Waals surface area contributed by atoms with Crippen LogP contribution < -0.4 is 0 Å². The highest BCUT2D eigenvalue weighted by molar-refractivity contribution is 8.14. The van der Waals surface area contributed by atoms with Crippen LogP contribution in [-0.2, 0) is 21.0 Å². The molecule has 132 valence electrons. The maximum absolute atomic E-state index is 12.3. The summed E-state index contributed by atoms with van der Waals surface area (Å²) >= 11 is 1.12. The van der Waals surface area contributed by atoms with Gasteiger partial charge in [0.2, 0.25) is 0 Å². The number of carbonyl (C=O) groups is 2. The van der Waals surface area contributed by atoms with Gasteiger partial charge in [0.15, 0.2) is 5.12 Å². The number of allylic oxidation sites excluding steroid dienone is 1. The molecule has 1 saturated heterocycles. The molecule has 0 N–H and O–H groups in total. The second-order valence-corrected chi connectivity index (χ2v) is 6.51. The molecule has 0 aromatic carbocycles. The van der Waals surface area contributed by atoms with E-state index >= 15 is 0 Å². The number of hydrogen-bond acceptors (Lipinski definition) is 6. The van der Waals surface area contributed by atoms with Crippen molar-refractivity contribution < 1.29 is 27.6 Å². The molecule has 2 rings (SSSR count). The molecule has 1 aliphatic rings. The predicted octanol–water partition coefficient (Wildman–Crippen LogP) is 2.18. The molecule has 0 amide bonds. The molecular formula is C14H16F3N3O3S. The molecule has 24 heavy (non-hydrogen) atoms. The van der Waals surface area contributed by atoms with E-state index in [1.54, 1.807) is 29.2 Å². The van der Waals surface area contributed by atoms with E-state index in [0.717, 1.165) is 22.4 Å². The molecule has 0 spiro atoms. The Morgan fingerprint density at radius 1 is 1.50 bits per heavy atom. The van der Waals surface area contributed by atoms with Crippen molar-refractivity contribution in [2.75, 3.05) is 13.1 Å². The van der Waals surface area contributed by atoms with Gasteiger partial charge in [0, 0.05) is 31.1 Å². The fraction of sp³-hybridized carbons (Fsp3) is 0.500. The summed E-state index contributed by atoms with van der Waals surface area (Å²) in [6.45, 7) is 2.00. The highest BCUT2D eigenvalue weighted by atomic mass is 32.2. The van der Waals surface area contributed by atoms with Crippen molar-refractivity contribution in [2.45, 2.75) is 31.3 Å². The Kier molecular flexibility index (Phi) is 6.05. The topological polar surface area (TPSA) is 64.4 Å². The first-order valence-corrected chi connectivity index (χ1v) is 8.01. The van der Waals surface area contributed by atoms with Gasteiger partial charge in [-0.15, -0.1) is 5.06 Å². The lowest BCUT2D eigenvalue weighted by molar-refractivity contribution is -0.238. The highest BCUT2D eigenvalue weighted by Gasteiger charge is 2.43. The Hall–Kier alpha value is -1.81. The average molecular weight is 363 g/mol. The second-order valence-electron chi connectivity index (χ2n) is 5.13. The third-order valence-corrected chi connectivity index (χ3v) is 4.42. The van der Waals surface area contributed by atoms with Gasteiger partial charge in [0.25, 0.3) is 0 Å². The number of rotatable bonds is 4. The van der Waals surface area contributed by atoms with Crippen molar-refractivity contribution in [1.29, 1.82) is 0 Å². The zero-order chi connectivity index (χ0) is 17.7. The van der Waals surface area contributed by atoms with Crippen molar-refractivity contribution in [3.05, 3.63) is 30.1 Å². The average Bonchev–Trinajstić information content (AvgIpc) is 2.99. The second kappa shape index (κ2) is 7.84. The molecular weight excluding hydrogens is 347 g/mol. The third kappa shape index (κ3) is 5.38. The number of alkyl halides is 3. The predicted molar refractivity (Wildman–Crippen MR) is 80.7 cm³/mol. The Morgan fingerprint density at radius 2 is 2.25 bits per heavy atom. The van der Waals surface area contributed by atoms with Crippen LogP contribution in [0.2, 0.25) is 0 Å². The maximum atomic E-state index is 12.3. The van der Waals surface area contributed by atoms with Crippen LogP contribution in [0.4, 0.5) is 13.2 Å². The molecule has 1 aromatic heterocycles. The van der Waals surface area contributed by atoms with Gasteiger partial charge in [-0.2, -0.15) is 18.3 Å². The zero-order valence-corrected chi connectivity index (χ0v) is 13.6. The number of hydrogen-bond donors (Lipinski definition) is 0. The molecule has 0 aliphatic carbocycles. The van der Waals surface area contributed by atoms with E-state index in [1.165, 1.54) is 6.92 Å². The molecule has 1 aromatic rings. The fourth-order valence-electron chi connectivity index (χ4n) is 2.23. The smallest absolute Gasteiger partial charge is 0.360 e. The number of carbonyl (C=O) groups excluding carboxylic acids is 2. The molecule has 0 saturated carbocycles. The van der Waals surface area contributed by atoms with Gasteiger partial charge in [-0.3, -0.25) is 9.48 Å². The van der Waals surface area contributed by atoms with Crippen LogP contribution in [0, 0.1) is 0 Å². The maximum Gasteiger partial charge on any atom is 0.492 e. The first kappa shape index (κ1) is 18.5. The summed E-state index contributed by atoms with van der Waals surface area (Å²) in [5.41, 5.74) is 0.729. The SMILES string of the molecule is CC(=O)SC1CCN(OC(=O)C(F)(F)F)C/C1=C\Cn1cccn1. The standard InChI is InChI=1S/C14H16F3N3O3S/c1-10(21)24-12-4-8-20(23-13(22)14(15,16)17)9-11(12)3-7-19-6-2-5-18-19/h2-3,5-6,12H,4,7-9H2,1H3/b11-3+.